The average molecular weight is 293 g/mol. The van der Waals surface area contributed by atoms with Gasteiger partial charge in [0.15, 0.2) is 5.69 Å². The van der Waals surface area contributed by atoms with Crippen molar-refractivity contribution in [3.05, 3.63) is 11.2 Å². The zero-order valence-electron chi connectivity index (χ0n) is 9.11. The fourth-order valence-electron chi connectivity index (χ4n) is 1.56. The molecule has 2 N–H and O–H groups in total. The van der Waals surface area contributed by atoms with Crippen molar-refractivity contribution < 1.29 is 23.1 Å². The van der Waals surface area contributed by atoms with E-state index in [0.717, 1.165) is 15.6 Å². The van der Waals surface area contributed by atoms with Crippen molar-refractivity contribution in [1.29, 1.82) is 0 Å². The summed E-state index contributed by atoms with van der Waals surface area (Å²) in [7, 11) is -2.93. The number of aromatic carboxylic acids is 1. The fourth-order valence-corrected chi connectivity index (χ4v) is 3.18. The van der Waals surface area contributed by atoms with Crippen molar-refractivity contribution in [1.82, 2.24) is 10.3 Å². The van der Waals surface area contributed by atoms with Crippen LogP contribution in [-0.4, -0.2) is 50.4 Å². The number of hydrogen-bond acceptors (Lipinski definition) is 7. The van der Waals surface area contributed by atoms with Gasteiger partial charge < -0.3 is 9.84 Å². The van der Waals surface area contributed by atoms with E-state index in [0.29, 0.717) is 13.3 Å². The highest BCUT2D eigenvalue weighted by Crippen LogP contribution is 2.25. The van der Waals surface area contributed by atoms with Gasteiger partial charge in [-0.25, -0.2) is 18.2 Å². The third-order valence-corrected chi connectivity index (χ3v) is 4.11. The summed E-state index contributed by atoms with van der Waals surface area (Å²) in [4.78, 5) is 14.6. The van der Waals surface area contributed by atoms with Crippen molar-refractivity contribution in [2.45, 2.75) is 6.04 Å². The van der Waals surface area contributed by atoms with E-state index in [1.807, 2.05) is 0 Å². The van der Waals surface area contributed by atoms with E-state index in [1.54, 1.807) is 0 Å². The number of carboxylic acids is 1. The molecule has 100 valence electrons. The number of thiol groups is 1. The van der Waals surface area contributed by atoms with E-state index in [2.05, 4.69) is 10.3 Å². The molecule has 1 fully saturated rings. The van der Waals surface area contributed by atoms with Crippen molar-refractivity contribution in [2.24, 2.45) is 0 Å². The molecule has 1 aliphatic heterocycles. The third-order valence-electron chi connectivity index (χ3n) is 2.37. The number of hydrogen-bond donors (Lipinski definition) is 3. The summed E-state index contributed by atoms with van der Waals surface area (Å²) < 4.78 is 28.6. The summed E-state index contributed by atoms with van der Waals surface area (Å²) in [6, 6.07) is -0.151. The maximum atomic E-state index is 11.2. The highest BCUT2D eigenvalue weighted by molar-refractivity contribution is 7.74. The molecule has 1 aromatic heterocycles. The van der Waals surface area contributed by atoms with Crippen LogP contribution in [0, 0.1) is 0 Å². The lowest BCUT2D eigenvalue weighted by atomic mass is 10.3. The minimum Gasteiger partial charge on any atom is -0.476 e. The monoisotopic (exact) mass is 293 g/mol. The highest BCUT2D eigenvalue weighted by Gasteiger charge is 2.25. The van der Waals surface area contributed by atoms with Crippen molar-refractivity contribution in [3.8, 4) is 0 Å². The SMILES string of the molecule is O=C(O)c1ncsc1N(CC1COCN1)[SH](=O)=O. The quantitative estimate of drug-likeness (QED) is 0.605. The van der Waals surface area contributed by atoms with Gasteiger partial charge in [-0.2, -0.15) is 0 Å². The molecule has 0 amide bonds. The maximum Gasteiger partial charge on any atom is 0.357 e. The molecule has 0 radical (unpaired) electrons. The number of rotatable bonds is 5. The van der Waals surface area contributed by atoms with Crippen LogP contribution in [0.3, 0.4) is 0 Å². The fraction of sp³-hybridized carbons (Fsp3) is 0.500. The Hall–Kier alpha value is -1.23. The molecule has 0 aromatic carbocycles. The van der Waals surface area contributed by atoms with Crippen LogP contribution in [0.1, 0.15) is 10.5 Å². The molecular formula is C8H11N3O5S2. The van der Waals surface area contributed by atoms with Crippen LogP contribution in [0.15, 0.2) is 5.51 Å². The van der Waals surface area contributed by atoms with Crippen molar-refractivity contribution in [2.75, 3.05) is 24.2 Å². The van der Waals surface area contributed by atoms with Gasteiger partial charge in [-0.15, -0.1) is 11.3 Å². The molecule has 0 saturated carbocycles. The molecule has 1 saturated heterocycles. The smallest absolute Gasteiger partial charge is 0.357 e. The Morgan fingerprint density at radius 3 is 3.06 bits per heavy atom. The van der Waals surface area contributed by atoms with Crippen LogP contribution in [-0.2, 0) is 15.6 Å². The molecule has 1 aliphatic rings. The summed E-state index contributed by atoms with van der Waals surface area (Å²) in [5.74, 6) is -1.25. The number of nitrogens with one attached hydrogen (secondary N) is 1. The van der Waals surface area contributed by atoms with Crippen molar-refractivity contribution in [3.63, 3.8) is 0 Å². The van der Waals surface area contributed by atoms with Gasteiger partial charge in [-0.1, -0.05) is 0 Å². The summed E-state index contributed by atoms with van der Waals surface area (Å²) in [6.07, 6.45) is 0. The Labute approximate surface area is 108 Å². The second-order valence-corrected chi connectivity index (χ2v) is 5.34. The number of ether oxygens (including phenoxy) is 1. The van der Waals surface area contributed by atoms with Crippen LogP contribution < -0.4 is 9.62 Å². The normalized spacial score (nSPS) is 19.3. The van der Waals surface area contributed by atoms with Gasteiger partial charge in [0, 0.05) is 0 Å². The molecule has 1 atom stereocenters. The molecule has 10 heteroatoms. The Morgan fingerprint density at radius 1 is 1.72 bits per heavy atom. The number of thiazole rings is 1. The van der Waals surface area contributed by atoms with Crippen LogP contribution in [0.5, 0.6) is 0 Å². The summed E-state index contributed by atoms with van der Waals surface area (Å²) in [5.41, 5.74) is 1.06. The van der Waals surface area contributed by atoms with Gasteiger partial charge in [-0.3, -0.25) is 9.62 Å². The minimum absolute atomic E-state index is 0.118. The zero-order valence-corrected chi connectivity index (χ0v) is 10.8. The summed E-state index contributed by atoms with van der Waals surface area (Å²) in [5, 5.41) is 12.0. The lowest BCUT2D eigenvalue weighted by Crippen LogP contribution is -2.38. The van der Waals surface area contributed by atoms with Crippen molar-refractivity contribution >= 4 is 33.2 Å². The van der Waals surface area contributed by atoms with E-state index in [9.17, 15) is 13.2 Å². The molecule has 0 spiro atoms. The summed E-state index contributed by atoms with van der Waals surface area (Å²) in [6.45, 7) is 0.880. The van der Waals surface area contributed by atoms with Gasteiger partial charge in [0.25, 0.3) is 0 Å². The van der Waals surface area contributed by atoms with Crippen LogP contribution in [0.25, 0.3) is 0 Å². The predicted octanol–water partition coefficient (Wildman–Crippen LogP) is -0.880. The zero-order chi connectivity index (χ0) is 13.1. The topological polar surface area (TPSA) is 109 Å². The van der Waals surface area contributed by atoms with Gasteiger partial charge in [-0.05, 0) is 0 Å². The molecule has 18 heavy (non-hydrogen) atoms. The molecular weight excluding hydrogens is 282 g/mol. The standard InChI is InChI=1S/C8H11N3O5S2/c12-8(13)6-7(17-4-10-6)11(18(14)15)1-5-2-16-3-9-5/h4-5,9,18H,1-3H2,(H,12,13). The average Bonchev–Trinajstić information content (AvgIpc) is 2.96. The lowest BCUT2D eigenvalue weighted by molar-refractivity contribution is 0.0692. The van der Waals surface area contributed by atoms with E-state index in [4.69, 9.17) is 9.84 Å². The lowest BCUT2D eigenvalue weighted by Gasteiger charge is -2.19. The van der Waals surface area contributed by atoms with Crippen LogP contribution >= 0.6 is 11.3 Å². The van der Waals surface area contributed by atoms with Gasteiger partial charge in [0.2, 0.25) is 10.9 Å². The second kappa shape index (κ2) is 5.61. The molecule has 2 heterocycles. The molecule has 2 rings (SSSR count). The summed E-state index contributed by atoms with van der Waals surface area (Å²) >= 11 is 0.979. The highest BCUT2D eigenvalue weighted by atomic mass is 32.2. The van der Waals surface area contributed by atoms with Gasteiger partial charge >= 0.3 is 5.97 Å². The van der Waals surface area contributed by atoms with Crippen LogP contribution in [0.2, 0.25) is 0 Å². The van der Waals surface area contributed by atoms with E-state index in [1.165, 1.54) is 5.51 Å². The predicted molar refractivity (Wildman–Crippen MR) is 64.5 cm³/mol. The Balaban J connectivity index is 2.23. The molecule has 1 unspecified atom stereocenters. The number of nitrogens with zero attached hydrogens (tertiary/aromatic N) is 2. The maximum absolute atomic E-state index is 11.2. The largest absolute Gasteiger partial charge is 0.476 e. The Kier molecular flexibility index (Phi) is 4.11. The molecule has 8 nitrogen and oxygen atoms in total. The van der Waals surface area contributed by atoms with E-state index < -0.39 is 16.9 Å². The minimum atomic E-state index is -2.93. The third kappa shape index (κ3) is 2.77. The van der Waals surface area contributed by atoms with E-state index in [-0.39, 0.29) is 23.3 Å². The number of carbonyl (C=O) groups is 1. The second-order valence-electron chi connectivity index (χ2n) is 3.55. The van der Waals surface area contributed by atoms with E-state index >= 15 is 0 Å². The molecule has 0 bridgehead atoms. The Bertz CT molecular complexity index is 501. The Morgan fingerprint density at radius 2 is 2.50 bits per heavy atom. The van der Waals surface area contributed by atoms with Crippen LogP contribution in [0.4, 0.5) is 5.00 Å². The first-order valence-corrected chi connectivity index (χ1v) is 7.00. The molecule has 1 aromatic rings. The first kappa shape index (κ1) is 13.2. The van der Waals surface area contributed by atoms with Gasteiger partial charge in [0.05, 0.1) is 31.4 Å². The number of carboxylic acid groups (broad SMARTS) is 1. The first-order chi connectivity index (χ1) is 8.59. The number of anilines is 1. The van der Waals surface area contributed by atoms with Gasteiger partial charge in [0.1, 0.15) is 5.00 Å². The first-order valence-electron chi connectivity index (χ1n) is 4.99. The number of aromatic nitrogens is 1. The molecule has 0 aliphatic carbocycles.